The number of aromatic nitrogens is 1. The SMILES string of the molecule is C=CCNC(=NCc1cccc(N(C)C)n1)NCC(=O)N(C)C.I. The summed E-state index contributed by atoms with van der Waals surface area (Å²) in [5, 5.41) is 6.09. The highest BCUT2D eigenvalue weighted by molar-refractivity contribution is 14.0. The lowest BCUT2D eigenvalue weighted by atomic mass is 10.3. The molecule has 0 bridgehead atoms. The fraction of sp³-hybridized carbons (Fsp3) is 0.438. The third kappa shape index (κ3) is 8.14. The number of hydrogen-bond acceptors (Lipinski definition) is 4. The van der Waals surface area contributed by atoms with Crippen LogP contribution >= 0.6 is 24.0 Å². The van der Waals surface area contributed by atoms with Gasteiger partial charge in [0.05, 0.1) is 18.8 Å². The second-order valence-corrected chi connectivity index (χ2v) is 5.36. The predicted octanol–water partition coefficient (Wildman–Crippen LogP) is 1.07. The van der Waals surface area contributed by atoms with Crippen molar-refractivity contribution in [3.63, 3.8) is 0 Å². The van der Waals surface area contributed by atoms with Crippen LogP contribution in [0.15, 0.2) is 35.8 Å². The molecular formula is C16H27IN6O. The molecule has 8 heteroatoms. The van der Waals surface area contributed by atoms with Gasteiger partial charge in [0, 0.05) is 34.7 Å². The van der Waals surface area contributed by atoms with E-state index in [1.54, 1.807) is 20.2 Å². The molecule has 1 heterocycles. The largest absolute Gasteiger partial charge is 0.363 e. The Hall–Kier alpha value is -1.84. The van der Waals surface area contributed by atoms with Crippen molar-refractivity contribution < 1.29 is 4.79 Å². The second kappa shape index (κ2) is 11.7. The minimum absolute atomic E-state index is 0. The lowest BCUT2D eigenvalue weighted by Crippen LogP contribution is -2.43. The fourth-order valence-corrected chi connectivity index (χ4v) is 1.62. The molecule has 0 saturated heterocycles. The minimum Gasteiger partial charge on any atom is -0.363 e. The summed E-state index contributed by atoms with van der Waals surface area (Å²) in [4.78, 5) is 24.1. The van der Waals surface area contributed by atoms with E-state index >= 15 is 0 Å². The molecule has 0 atom stereocenters. The van der Waals surface area contributed by atoms with Crippen molar-refractivity contribution in [2.45, 2.75) is 6.54 Å². The van der Waals surface area contributed by atoms with E-state index < -0.39 is 0 Å². The third-order valence-corrected chi connectivity index (χ3v) is 2.97. The van der Waals surface area contributed by atoms with Crippen LogP contribution in [0.5, 0.6) is 0 Å². The van der Waals surface area contributed by atoms with Gasteiger partial charge in [0.25, 0.3) is 0 Å². The zero-order valence-electron chi connectivity index (χ0n) is 14.7. The maximum absolute atomic E-state index is 11.7. The Kier molecular flexibility index (Phi) is 10.8. The number of amides is 1. The number of likely N-dealkylation sites (N-methyl/N-ethyl adjacent to an activating group) is 1. The van der Waals surface area contributed by atoms with E-state index in [0.717, 1.165) is 11.5 Å². The molecule has 0 aliphatic rings. The van der Waals surface area contributed by atoms with E-state index in [2.05, 4.69) is 27.2 Å². The van der Waals surface area contributed by atoms with Gasteiger partial charge in [-0.1, -0.05) is 12.1 Å². The average molecular weight is 446 g/mol. The van der Waals surface area contributed by atoms with Gasteiger partial charge >= 0.3 is 0 Å². The molecule has 1 aromatic rings. The molecule has 0 spiro atoms. The van der Waals surface area contributed by atoms with E-state index in [1.165, 1.54) is 4.90 Å². The number of anilines is 1. The Labute approximate surface area is 161 Å². The smallest absolute Gasteiger partial charge is 0.241 e. The Bertz CT molecular complexity index is 559. The molecule has 0 saturated carbocycles. The summed E-state index contributed by atoms with van der Waals surface area (Å²) in [6.07, 6.45) is 1.73. The number of rotatable bonds is 7. The van der Waals surface area contributed by atoms with E-state index in [0.29, 0.717) is 19.0 Å². The molecule has 0 aliphatic carbocycles. The first-order valence-corrected chi connectivity index (χ1v) is 7.40. The van der Waals surface area contributed by atoms with Gasteiger partial charge in [-0.25, -0.2) is 9.98 Å². The first-order chi connectivity index (χ1) is 10.9. The normalized spacial score (nSPS) is 10.4. The Morgan fingerprint density at radius 2 is 2.00 bits per heavy atom. The van der Waals surface area contributed by atoms with E-state index in [4.69, 9.17) is 0 Å². The molecule has 0 fully saturated rings. The third-order valence-electron chi connectivity index (χ3n) is 2.97. The number of carbonyl (C=O) groups is 1. The quantitative estimate of drug-likeness (QED) is 0.284. The van der Waals surface area contributed by atoms with Crippen LogP contribution < -0.4 is 15.5 Å². The highest BCUT2D eigenvalue weighted by Crippen LogP contribution is 2.08. The molecule has 2 N–H and O–H groups in total. The highest BCUT2D eigenvalue weighted by Gasteiger charge is 2.06. The topological polar surface area (TPSA) is 72.9 Å². The van der Waals surface area contributed by atoms with Crippen molar-refractivity contribution in [2.24, 2.45) is 4.99 Å². The maximum Gasteiger partial charge on any atom is 0.241 e. The number of aliphatic imine (C=N–C) groups is 1. The number of nitrogens with one attached hydrogen (secondary N) is 2. The highest BCUT2D eigenvalue weighted by atomic mass is 127. The molecule has 0 aromatic carbocycles. The number of halogens is 1. The summed E-state index contributed by atoms with van der Waals surface area (Å²) in [7, 11) is 7.32. The lowest BCUT2D eigenvalue weighted by Gasteiger charge is -2.14. The van der Waals surface area contributed by atoms with Crippen LogP contribution in [0, 0.1) is 0 Å². The van der Waals surface area contributed by atoms with Crippen molar-refractivity contribution >= 4 is 41.7 Å². The van der Waals surface area contributed by atoms with Crippen LogP contribution in [0.4, 0.5) is 5.82 Å². The number of carbonyl (C=O) groups excluding carboxylic acids is 1. The molecule has 0 radical (unpaired) electrons. The summed E-state index contributed by atoms with van der Waals surface area (Å²) < 4.78 is 0. The average Bonchev–Trinajstić information content (AvgIpc) is 2.53. The summed E-state index contributed by atoms with van der Waals surface area (Å²) in [6.45, 7) is 4.83. The first-order valence-electron chi connectivity index (χ1n) is 7.40. The molecule has 0 aliphatic heterocycles. The minimum atomic E-state index is -0.0224. The maximum atomic E-state index is 11.7. The van der Waals surface area contributed by atoms with Crippen LogP contribution in [0.2, 0.25) is 0 Å². The fourth-order valence-electron chi connectivity index (χ4n) is 1.62. The van der Waals surface area contributed by atoms with E-state index in [9.17, 15) is 4.79 Å². The van der Waals surface area contributed by atoms with Gasteiger partial charge in [-0.15, -0.1) is 30.6 Å². The molecule has 24 heavy (non-hydrogen) atoms. The van der Waals surface area contributed by atoms with Crippen LogP contribution in [0.25, 0.3) is 0 Å². The second-order valence-electron chi connectivity index (χ2n) is 5.36. The van der Waals surface area contributed by atoms with E-state index in [1.807, 2.05) is 37.2 Å². The van der Waals surface area contributed by atoms with Gasteiger partial charge < -0.3 is 20.4 Å². The van der Waals surface area contributed by atoms with Crippen molar-refractivity contribution in [3.8, 4) is 0 Å². The number of hydrogen-bond donors (Lipinski definition) is 2. The van der Waals surface area contributed by atoms with Gasteiger partial charge in [0.2, 0.25) is 5.91 Å². The zero-order chi connectivity index (χ0) is 17.2. The molecule has 0 unspecified atom stereocenters. The summed E-state index contributed by atoms with van der Waals surface area (Å²) in [6, 6.07) is 5.82. The van der Waals surface area contributed by atoms with Crippen molar-refractivity contribution in [3.05, 3.63) is 36.5 Å². The van der Waals surface area contributed by atoms with Crippen LogP contribution in [0.1, 0.15) is 5.69 Å². The molecule has 7 nitrogen and oxygen atoms in total. The Balaban J connectivity index is 0.00000529. The van der Waals surface area contributed by atoms with Gasteiger partial charge in [-0.3, -0.25) is 4.79 Å². The standard InChI is InChI=1S/C16H26N6O.HI/c1-6-10-17-16(19-12-15(23)22(4)5)18-11-13-8-7-9-14(20-13)21(2)3;/h6-9H,1,10-12H2,2-5H3,(H2,17,18,19);1H. The van der Waals surface area contributed by atoms with Gasteiger partial charge in [-0.05, 0) is 12.1 Å². The van der Waals surface area contributed by atoms with Crippen molar-refractivity contribution in [2.75, 3.05) is 46.2 Å². The Morgan fingerprint density at radius 3 is 2.58 bits per heavy atom. The van der Waals surface area contributed by atoms with Crippen molar-refractivity contribution in [1.29, 1.82) is 0 Å². The molecular weight excluding hydrogens is 419 g/mol. The number of guanidine groups is 1. The predicted molar refractivity (Wildman–Crippen MR) is 110 cm³/mol. The number of nitrogens with zero attached hydrogens (tertiary/aromatic N) is 4. The Morgan fingerprint density at radius 1 is 1.29 bits per heavy atom. The van der Waals surface area contributed by atoms with Crippen LogP contribution in [0.3, 0.4) is 0 Å². The first kappa shape index (κ1) is 22.2. The van der Waals surface area contributed by atoms with Crippen LogP contribution in [-0.2, 0) is 11.3 Å². The van der Waals surface area contributed by atoms with Crippen molar-refractivity contribution in [1.82, 2.24) is 20.5 Å². The number of pyridine rings is 1. The summed E-state index contributed by atoms with van der Waals surface area (Å²) >= 11 is 0. The molecule has 134 valence electrons. The van der Waals surface area contributed by atoms with E-state index in [-0.39, 0.29) is 36.4 Å². The zero-order valence-corrected chi connectivity index (χ0v) is 17.1. The van der Waals surface area contributed by atoms with Crippen LogP contribution in [-0.4, -0.2) is 63.0 Å². The molecule has 1 aromatic heterocycles. The summed E-state index contributed by atoms with van der Waals surface area (Å²) in [5.74, 6) is 1.41. The molecule has 1 rings (SSSR count). The summed E-state index contributed by atoms with van der Waals surface area (Å²) in [5.41, 5.74) is 0.856. The molecule has 1 amide bonds. The van der Waals surface area contributed by atoms with Gasteiger partial charge in [-0.2, -0.15) is 0 Å². The van der Waals surface area contributed by atoms with Gasteiger partial charge in [0.1, 0.15) is 5.82 Å². The monoisotopic (exact) mass is 446 g/mol. The van der Waals surface area contributed by atoms with Gasteiger partial charge in [0.15, 0.2) is 5.96 Å². The lowest BCUT2D eigenvalue weighted by molar-refractivity contribution is -0.127.